The molecule has 0 N–H and O–H groups in total. The van der Waals surface area contributed by atoms with E-state index in [1.54, 1.807) is 0 Å². The number of carbonyl (C=O) groups excluding carboxylic acids is 1. The van der Waals surface area contributed by atoms with Gasteiger partial charge in [0.15, 0.2) is 5.78 Å². The van der Waals surface area contributed by atoms with E-state index in [1.165, 1.54) is 11.1 Å². The summed E-state index contributed by atoms with van der Waals surface area (Å²) in [5.41, 5.74) is 4.45. The van der Waals surface area contributed by atoms with Crippen LogP contribution in [-0.4, -0.2) is 55.4 Å². The molecule has 1 heterocycles. The molecule has 104 valence electrons. The van der Waals surface area contributed by atoms with Gasteiger partial charge in [0.1, 0.15) is 0 Å². The summed E-state index contributed by atoms with van der Waals surface area (Å²) in [6, 6.07) is 4.16. The van der Waals surface area contributed by atoms with Crippen molar-refractivity contribution in [1.82, 2.24) is 9.80 Å². The van der Waals surface area contributed by atoms with Crippen LogP contribution >= 0.6 is 0 Å². The van der Waals surface area contributed by atoms with E-state index < -0.39 is 0 Å². The first-order valence-corrected chi connectivity index (χ1v) is 6.99. The Labute approximate surface area is 116 Å². The molecule has 0 bridgehead atoms. The second-order valence-corrected chi connectivity index (χ2v) is 5.75. The number of Topliss-reactive ketones (excluding diaryl/α,β-unsaturated/α-hetero) is 1. The number of rotatable bonds is 3. The molecule has 3 nitrogen and oxygen atoms in total. The molecule has 1 aromatic rings. The minimum atomic E-state index is 0.255. The van der Waals surface area contributed by atoms with E-state index in [1.807, 2.05) is 13.0 Å². The topological polar surface area (TPSA) is 23.6 Å². The zero-order valence-electron chi connectivity index (χ0n) is 12.5. The number of hydrogen-bond donors (Lipinski definition) is 0. The zero-order valence-corrected chi connectivity index (χ0v) is 12.5. The second-order valence-electron chi connectivity index (χ2n) is 5.75. The SMILES string of the molecule is Cc1cc(C)c(C(=O)CN2CCN(C)CC2)cc1C. The fourth-order valence-electron chi connectivity index (χ4n) is 2.56. The van der Waals surface area contributed by atoms with Crippen molar-refractivity contribution in [2.24, 2.45) is 0 Å². The molecule has 0 saturated carbocycles. The Morgan fingerprint density at radius 3 is 2.21 bits per heavy atom. The lowest BCUT2D eigenvalue weighted by molar-refractivity contribution is 0.0876. The zero-order chi connectivity index (χ0) is 14.0. The van der Waals surface area contributed by atoms with Crippen molar-refractivity contribution in [3.8, 4) is 0 Å². The van der Waals surface area contributed by atoms with Crippen molar-refractivity contribution >= 4 is 5.78 Å². The van der Waals surface area contributed by atoms with Crippen molar-refractivity contribution in [3.05, 3.63) is 34.4 Å². The van der Waals surface area contributed by atoms with Crippen LogP contribution in [0.5, 0.6) is 0 Å². The normalized spacial score (nSPS) is 17.7. The first kappa shape index (κ1) is 14.2. The highest BCUT2D eigenvalue weighted by Gasteiger charge is 2.18. The van der Waals surface area contributed by atoms with Crippen LogP contribution in [0, 0.1) is 20.8 Å². The van der Waals surface area contributed by atoms with E-state index >= 15 is 0 Å². The van der Waals surface area contributed by atoms with E-state index in [4.69, 9.17) is 0 Å². The maximum Gasteiger partial charge on any atom is 0.177 e. The molecule has 0 amide bonds. The Bertz CT molecular complexity index is 474. The van der Waals surface area contributed by atoms with Crippen LogP contribution < -0.4 is 0 Å². The molecule has 1 fully saturated rings. The maximum absolute atomic E-state index is 12.4. The number of hydrogen-bond acceptors (Lipinski definition) is 3. The summed E-state index contributed by atoms with van der Waals surface area (Å²) in [6.07, 6.45) is 0. The van der Waals surface area contributed by atoms with Gasteiger partial charge in [0.2, 0.25) is 0 Å². The van der Waals surface area contributed by atoms with Gasteiger partial charge >= 0.3 is 0 Å². The summed E-state index contributed by atoms with van der Waals surface area (Å²) in [5.74, 6) is 0.255. The van der Waals surface area contributed by atoms with Gasteiger partial charge in [0.25, 0.3) is 0 Å². The highest BCUT2D eigenvalue weighted by atomic mass is 16.1. The number of ketones is 1. The summed E-state index contributed by atoms with van der Waals surface area (Å²) >= 11 is 0. The quantitative estimate of drug-likeness (QED) is 0.777. The van der Waals surface area contributed by atoms with E-state index in [0.717, 1.165) is 37.3 Å². The Hall–Kier alpha value is -1.19. The largest absolute Gasteiger partial charge is 0.304 e. The number of piperazine rings is 1. The number of benzene rings is 1. The van der Waals surface area contributed by atoms with Gasteiger partial charge in [0.05, 0.1) is 6.54 Å². The lowest BCUT2D eigenvalue weighted by atomic mass is 9.98. The molecular weight excluding hydrogens is 236 g/mol. The smallest absolute Gasteiger partial charge is 0.177 e. The Morgan fingerprint density at radius 1 is 1.00 bits per heavy atom. The van der Waals surface area contributed by atoms with Crippen molar-refractivity contribution in [2.75, 3.05) is 39.8 Å². The maximum atomic E-state index is 12.4. The molecule has 19 heavy (non-hydrogen) atoms. The third-order valence-electron chi connectivity index (χ3n) is 4.10. The second kappa shape index (κ2) is 5.85. The number of carbonyl (C=O) groups is 1. The van der Waals surface area contributed by atoms with Crippen LogP contribution in [0.4, 0.5) is 0 Å². The van der Waals surface area contributed by atoms with Crippen LogP contribution in [0.1, 0.15) is 27.0 Å². The predicted octanol–water partition coefficient (Wildman–Crippen LogP) is 2.04. The molecule has 0 radical (unpaired) electrons. The molecule has 1 aliphatic heterocycles. The molecule has 0 aromatic heterocycles. The minimum Gasteiger partial charge on any atom is -0.304 e. The van der Waals surface area contributed by atoms with Gasteiger partial charge in [-0.15, -0.1) is 0 Å². The first-order valence-electron chi connectivity index (χ1n) is 6.99. The molecule has 0 aliphatic carbocycles. The fourth-order valence-corrected chi connectivity index (χ4v) is 2.56. The lowest BCUT2D eigenvalue weighted by Gasteiger charge is -2.31. The van der Waals surface area contributed by atoms with Crippen LogP contribution in [-0.2, 0) is 0 Å². The van der Waals surface area contributed by atoms with E-state index in [2.05, 4.69) is 36.8 Å². The van der Waals surface area contributed by atoms with Gasteiger partial charge in [-0.3, -0.25) is 9.69 Å². The Balaban J connectivity index is 2.06. The van der Waals surface area contributed by atoms with Gasteiger partial charge in [-0.05, 0) is 50.6 Å². The molecule has 0 atom stereocenters. The first-order chi connectivity index (χ1) is 8.97. The highest BCUT2D eigenvalue weighted by Crippen LogP contribution is 2.16. The van der Waals surface area contributed by atoms with Gasteiger partial charge in [0, 0.05) is 31.7 Å². The standard InChI is InChI=1S/C16H24N2O/c1-12-9-14(3)15(10-13(12)2)16(19)11-18-7-5-17(4)6-8-18/h9-10H,5-8,11H2,1-4H3. The predicted molar refractivity (Wildman–Crippen MR) is 78.9 cm³/mol. The Kier molecular flexibility index (Phi) is 4.38. The summed E-state index contributed by atoms with van der Waals surface area (Å²) in [4.78, 5) is 17.0. The van der Waals surface area contributed by atoms with Crippen LogP contribution in [0.3, 0.4) is 0 Å². The third kappa shape index (κ3) is 3.43. The molecule has 1 aromatic carbocycles. The van der Waals surface area contributed by atoms with Crippen LogP contribution in [0.25, 0.3) is 0 Å². The van der Waals surface area contributed by atoms with Crippen molar-refractivity contribution in [3.63, 3.8) is 0 Å². The van der Waals surface area contributed by atoms with Gasteiger partial charge in [-0.1, -0.05) is 6.07 Å². The average Bonchev–Trinajstić information content (AvgIpc) is 2.36. The molecule has 0 spiro atoms. The number of likely N-dealkylation sites (N-methyl/N-ethyl adjacent to an activating group) is 1. The van der Waals surface area contributed by atoms with Crippen molar-refractivity contribution in [1.29, 1.82) is 0 Å². The number of aryl methyl sites for hydroxylation is 3. The average molecular weight is 260 g/mol. The fraction of sp³-hybridized carbons (Fsp3) is 0.562. The molecule has 1 aliphatic rings. The Morgan fingerprint density at radius 2 is 1.58 bits per heavy atom. The summed E-state index contributed by atoms with van der Waals surface area (Å²) < 4.78 is 0. The molecule has 2 rings (SSSR count). The molecule has 3 heteroatoms. The van der Waals surface area contributed by atoms with Gasteiger partial charge in [-0.25, -0.2) is 0 Å². The van der Waals surface area contributed by atoms with Gasteiger partial charge in [-0.2, -0.15) is 0 Å². The number of nitrogens with zero attached hydrogens (tertiary/aromatic N) is 2. The summed E-state index contributed by atoms with van der Waals surface area (Å²) in [5, 5.41) is 0. The summed E-state index contributed by atoms with van der Waals surface area (Å²) in [6.45, 7) is 10.8. The minimum absolute atomic E-state index is 0.255. The monoisotopic (exact) mass is 260 g/mol. The molecule has 0 unspecified atom stereocenters. The van der Waals surface area contributed by atoms with Crippen molar-refractivity contribution in [2.45, 2.75) is 20.8 Å². The van der Waals surface area contributed by atoms with E-state index in [9.17, 15) is 4.79 Å². The van der Waals surface area contributed by atoms with E-state index in [-0.39, 0.29) is 5.78 Å². The van der Waals surface area contributed by atoms with Crippen molar-refractivity contribution < 1.29 is 4.79 Å². The van der Waals surface area contributed by atoms with Gasteiger partial charge < -0.3 is 4.90 Å². The highest BCUT2D eigenvalue weighted by molar-refractivity contribution is 5.99. The van der Waals surface area contributed by atoms with Crippen LogP contribution in [0.2, 0.25) is 0 Å². The van der Waals surface area contributed by atoms with E-state index in [0.29, 0.717) is 6.54 Å². The molecular formula is C16H24N2O. The van der Waals surface area contributed by atoms with Crippen LogP contribution in [0.15, 0.2) is 12.1 Å². The summed E-state index contributed by atoms with van der Waals surface area (Å²) in [7, 11) is 2.13. The lowest BCUT2D eigenvalue weighted by Crippen LogP contribution is -2.46. The molecule has 1 saturated heterocycles. The third-order valence-corrected chi connectivity index (χ3v) is 4.10.